The summed E-state index contributed by atoms with van der Waals surface area (Å²) in [6.45, 7) is 4.37. The Morgan fingerprint density at radius 1 is 1.50 bits per heavy atom. The van der Waals surface area contributed by atoms with E-state index in [1.54, 1.807) is 0 Å². The molecule has 2 N–H and O–H groups in total. The molecule has 7 heteroatoms. The van der Waals surface area contributed by atoms with Crippen LogP contribution in [0, 0.1) is 0 Å². The number of thiazole rings is 1. The largest absolute Gasteiger partial charge is 0.375 e. The molecule has 2 heterocycles. The van der Waals surface area contributed by atoms with Gasteiger partial charge in [-0.25, -0.2) is 4.98 Å². The lowest BCUT2D eigenvalue weighted by atomic mass is 10.3. The number of hydrogen-bond acceptors (Lipinski definition) is 7. The number of rotatable bonds is 6. The Labute approximate surface area is 114 Å². The summed E-state index contributed by atoms with van der Waals surface area (Å²) in [4.78, 5) is 8.51. The van der Waals surface area contributed by atoms with Crippen molar-refractivity contribution in [2.75, 3.05) is 5.73 Å². The van der Waals surface area contributed by atoms with E-state index in [0.717, 1.165) is 23.7 Å². The van der Waals surface area contributed by atoms with E-state index in [9.17, 15) is 0 Å². The molecule has 0 aliphatic rings. The molecule has 2 rings (SSSR count). The lowest BCUT2D eigenvalue weighted by molar-refractivity contribution is 0.380. The van der Waals surface area contributed by atoms with Gasteiger partial charge in [0.05, 0.1) is 17.9 Å². The molecule has 1 atom stereocenters. The first-order chi connectivity index (χ1) is 8.67. The van der Waals surface area contributed by atoms with Crippen LogP contribution in [0.3, 0.4) is 0 Å². The second-order valence-corrected chi connectivity index (χ2v) is 6.30. The second kappa shape index (κ2) is 6.19. The van der Waals surface area contributed by atoms with Gasteiger partial charge in [0.1, 0.15) is 0 Å². The van der Waals surface area contributed by atoms with Gasteiger partial charge in [-0.15, -0.1) is 11.3 Å². The fourth-order valence-electron chi connectivity index (χ4n) is 1.31. The molecule has 0 saturated heterocycles. The molecule has 0 radical (unpaired) electrons. The van der Waals surface area contributed by atoms with Crippen molar-refractivity contribution in [1.29, 1.82) is 0 Å². The molecule has 18 heavy (non-hydrogen) atoms. The van der Waals surface area contributed by atoms with Crippen LogP contribution in [0.4, 0.5) is 5.13 Å². The quantitative estimate of drug-likeness (QED) is 0.878. The van der Waals surface area contributed by atoms with Gasteiger partial charge in [-0.1, -0.05) is 19.0 Å². The highest BCUT2D eigenvalue weighted by Gasteiger charge is 2.10. The van der Waals surface area contributed by atoms with Crippen LogP contribution in [-0.4, -0.2) is 20.4 Å². The van der Waals surface area contributed by atoms with Crippen LogP contribution < -0.4 is 5.73 Å². The molecule has 98 valence electrons. The zero-order valence-electron chi connectivity index (χ0n) is 10.4. The maximum absolute atomic E-state index is 5.57. The summed E-state index contributed by atoms with van der Waals surface area (Å²) in [5, 5.41) is 7.06. The van der Waals surface area contributed by atoms with Gasteiger partial charge in [0, 0.05) is 10.6 Å². The molecule has 0 bridgehead atoms. The predicted molar refractivity (Wildman–Crippen MR) is 74.7 cm³/mol. The average molecular weight is 284 g/mol. The van der Waals surface area contributed by atoms with Gasteiger partial charge >= 0.3 is 0 Å². The minimum absolute atomic E-state index is 0.550. The van der Waals surface area contributed by atoms with E-state index in [2.05, 4.69) is 29.0 Å². The molecule has 0 fully saturated rings. The number of hydrogen-bond donors (Lipinski definition) is 1. The minimum Gasteiger partial charge on any atom is -0.375 e. The first-order valence-electron chi connectivity index (χ1n) is 5.80. The van der Waals surface area contributed by atoms with Crippen molar-refractivity contribution in [1.82, 2.24) is 15.1 Å². The van der Waals surface area contributed by atoms with E-state index >= 15 is 0 Å². The molecule has 2 aromatic heterocycles. The van der Waals surface area contributed by atoms with Crippen LogP contribution >= 0.6 is 23.1 Å². The van der Waals surface area contributed by atoms with Gasteiger partial charge in [-0.05, 0) is 6.42 Å². The number of thioether (sulfide) groups is 1. The first-order valence-corrected chi connectivity index (χ1v) is 7.73. The summed E-state index contributed by atoms with van der Waals surface area (Å²) in [6, 6.07) is 0. The van der Waals surface area contributed by atoms with E-state index in [0.29, 0.717) is 22.7 Å². The average Bonchev–Trinajstić information content (AvgIpc) is 2.96. The van der Waals surface area contributed by atoms with Gasteiger partial charge in [-0.2, -0.15) is 16.7 Å². The summed E-state index contributed by atoms with van der Waals surface area (Å²) in [5.74, 6) is 2.14. The zero-order valence-corrected chi connectivity index (χ0v) is 12.1. The number of aromatic nitrogens is 3. The van der Waals surface area contributed by atoms with Crippen LogP contribution in [0.15, 0.2) is 9.90 Å². The van der Waals surface area contributed by atoms with Gasteiger partial charge < -0.3 is 10.3 Å². The Morgan fingerprint density at radius 3 is 3.00 bits per heavy atom. The summed E-state index contributed by atoms with van der Waals surface area (Å²) < 4.78 is 5.19. The minimum atomic E-state index is 0.550. The normalized spacial score (nSPS) is 12.8. The third-order valence-electron chi connectivity index (χ3n) is 2.48. The van der Waals surface area contributed by atoms with Gasteiger partial charge in [0.15, 0.2) is 11.0 Å². The zero-order chi connectivity index (χ0) is 13.0. The molecule has 0 amide bonds. The maximum atomic E-state index is 5.57. The third kappa shape index (κ3) is 3.71. The Hall–Kier alpha value is -1.08. The Bertz CT molecular complexity index is 497. The molecular weight excluding hydrogens is 268 g/mol. The van der Waals surface area contributed by atoms with E-state index in [-0.39, 0.29) is 0 Å². The van der Waals surface area contributed by atoms with Gasteiger partial charge in [-0.3, -0.25) is 0 Å². The van der Waals surface area contributed by atoms with Crippen molar-refractivity contribution in [3.63, 3.8) is 0 Å². The van der Waals surface area contributed by atoms with Crippen molar-refractivity contribution < 1.29 is 4.52 Å². The molecule has 0 spiro atoms. The van der Waals surface area contributed by atoms with E-state index in [1.165, 1.54) is 11.3 Å². The summed E-state index contributed by atoms with van der Waals surface area (Å²) in [6.07, 6.45) is 1.70. The monoisotopic (exact) mass is 284 g/mol. The van der Waals surface area contributed by atoms with E-state index in [1.807, 2.05) is 17.1 Å². The summed E-state index contributed by atoms with van der Waals surface area (Å²) in [5.41, 5.74) is 6.45. The molecule has 2 aromatic rings. The predicted octanol–water partition coefficient (Wildman–Crippen LogP) is 2.73. The van der Waals surface area contributed by atoms with Crippen LogP contribution in [0.25, 0.3) is 0 Å². The molecule has 5 nitrogen and oxygen atoms in total. The number of nitrogens with two attached hydrogens (primary N) is 1. The first kappa shape index (κ1) is 13.4. The highest BCUT2D eigenvalue weighted by atomic mass is 32.2. The van der Waals surface area contributed by atoms with Crippen LogP contribution in [0.2, 0.25) is 0 Å². The standard InChI is InChI=1S/C11H16N4OS2/c1-3-7(2)17-6-9-14-10(16-15-9)4-8-5-18-11(12)13-8/h5,7H,3-4,6H2,1-2H3,(H2,12,13). The molecular formula is C11H16N4OS2. The topological polar surface area (TPSA) is 77.8 Å². The second-order valence-electron chi connectivity index (χ2n) is 3.99. The van der Waals surface area contributed by atoms with E-state index < -0.39 is 0 Å². The van der Waals surface area contributed by atoms with Gasteiger partial charge in [0.25, 0.3) is 0 Å². The van der Waals surface area contributed by atoms with E-state index in [4.69, 9.17) is 10.3 Å². The van der Waals surface area contributed by atoms with Crippen molar-refractivity contribution in [2.45, 2.75) is 37.7 Å². The Morgan fingerprint density at radius 2 is 2.33 bits per heavy atom. The number of nitrogens with zero attached hydrogens (tertiary/aromatic N) is 3. The van der Waals surface area contributed by atoms with Crippen LogP contribution in [-0.2, 0) is 12.2 Å². The molecule has 0 saturated carbocycles. The Kier molecular flexibility index (Phi) is 4.60. The number of anilines is 1. The third-order valence-corrected chi connectivity index (χ3v) is 4.53. The fourth-order valence-corrected chi connectivity index (χ4v) is 2.66. The van der Waals surface area contributed by atoms with Gasteiger partial charge in [0.2, 0.25) is 5.89 Å². The summed E-state index contributed by atoms with van der Waals surface area (Å²) in [7, 11) is 0. The van der Waals surface area contributed by atoms with Crippen molar-refractivity contribution >= 4 is 28.2 Å². The molecule has 0 aliphatic carbocycles. The highest BCUT2D eigenvalue weighted by molar-refractivity contribution is 7.99. The molecule has 1 unspecified atom stereocenters. The lowest BCUT2D eigenvalue weighted by Crippen LogP contribution is -1.95. The summed E-state index contributed by atoms with van der Waals surface area (Å²) >= 11 is 3.25. The molecule has 0 aromatic carbocycles. The van der Waals surface area contributed by atoms with Crippen molar-refractivity contribution in [2.24, 2.45) is 0 Å². The number of nitrogen functional groups attached to an aromatic ring is 1. The Balaban J connectivity index is 1.90. The lowest BCUT2D eigenvalue weighted by Gasteiger charge is -2.04. The smallest absolute Gasteiger partial charge is 0.232 e. The highest BCUT2D eigenvalue weighted by Crippen LogP contribution is 2.19. The van der Waals surface area contributed by atoms with Crippen molar-refractivity contribution in [3.05, 3.63) is 22.8 Å². The van der Waals surface area contributed by atoms with Crippen LogP contribution in [0.5, 0.6) is 0 Å². The van der Waals surface area contributed by atoms with Crippen LogP contribution in [0.1, 0.15) is 37.7 Å². The SMILES string of the molecule is CCC(C)SCc1noc(Cc2csc(N)n2)n1. The fraction of sp³-hybridized carbons (Fsp3) is 0.545. The molecule has 0 aliphatic heterocycles. The maximum Gasteiger partial charge on any atom is 0.232 e. The van der Waals surface area contributed by atoms with Crippen molar-refractivity contribution in [3.8, 4) is 0 Å².